The van der Waals surface area contributed by atoms with Gasteiger partial charge in [0.2, 0.25) is 5.91 Å². The number of carbonyl (C=O) groups is 1. The third-order valence-corrected chi connectivity index (χ3v) is 5.05. The second-order valence-electron chi connectivity index (χ2n) is 6.46. The second kappa shape index (κ2) is 6.84. The van der Waals surface area contributed by atoms with Gasteiger partial charge in [0.15, 0.2) is 0 Å². The van der Waals surface area contributed by atoms with Crippen LogP contribution in [0.5, 0.6) is 0 Å². The Kier molecular flexibility index (Phi) is 5.33. The average molecular weight is 306 g/mol. The van der Waals surface area contributed by atoms with E-state index in [2.05, 4.69) is 37.4 Å². The van der Waals surface area contributed by atoms with E-state index in [0.717, 1.165) is 25.0 Å². The van der Waals surface area contributed by atoms with Gasteiger partial charge in [-0.2, -0.15) is 11.8 Å². The van der Waals surface area contributed by atoms with Gasteiger partial charge in [-0.15, -0.1) is 0 Å². The van der Waals surface area contributed by atoms with Crippen LogP contribution in [0, 0.1) is 0 Å². The van der Waals surface area contributed by atoms with E-state index in [1.807, 2.05) is 12.3 Å². The SMILES string of the molecule is CSCC[C@H](N)C(=O)NC1CCC(C)(C)c2ccccc21. The molecule has 0 bridgehead atoms. The van der Waals surface area contributed by atoms with Crippen molar-refractivity contribution in [2.45, 2.75) is 50.6 Å². The van der Waals surface area contributed by atoms with Gasteiger partial charge in [0, 0.05) is 0 Å². The van der Waals surface area contributed by atoms with Crippen LogP contribution in [0.4, 0.5) is 0 Å². The molecule has 1 aromatic rings. The summed E-state index contributed by atoms with van der Waals surface area (Å²) < 4.78 is 0. The number of thioether (sulfide) groups is 1. The fourth-order valence-corrected chi connectivity index (χ4v) is 3.51. The number of rotatable bonds is 5. The molecular formula is C17H26N2OS. The number of benzene rings is 1. The highest BCUT2D eigenvalue weighted by Crippen LogP contribution is 2.41. The zero-order chi connectivity index (χ0) is 15.5. The van der Waals surface area contributed by atoms with E-state index in [1.54, 1.807) is 11.8 Å². The summed E-state index contributed by atoms with van der Waals surface area (Å²) in [4.78, 5) is 12.2. The molecule has 116 valence electrons. The topological polar surface area (TPSA) is 55.1 Å². The summed E-state index contributed by atoms with van der Waals surface area (Å²) in [6.45, 7) is 4.54. The van der Waals surface area contributed by atoms with Gasteiger partial charge >= 0.3 is 0 Å². The fraction of sp³-hybridized carbons (Fsp3) is 0.588. The molecule has 3 nitrogen and oxygen atoms in total. The van der Waals surface area contributed by atoms with Crippen molar-refractivity contribution in [1.82, 2.24) is 5.32 Å². The standard InChI is InChI=1S/C17H26N2OS/c1-17(2)10-8-15(12-6-4-5-7-13(12)17)19-16(20)14(18)9-11-21-3/h4-7,14-15H,8-11,18H2,1-3H3,(H,19,20)/t14-,15?/m0/s1. The molecule has 2 atom stereocenters. The van der Waals surface area contributed by atoms with Crippen LogP contribution in [-0.2, 0) is 10.2 Å². The Hall–Kier alpha value is -1.00. The normalized spacial score (nSPS) is 21.4. The van der Waals surface area contributed by atoms with Gasteiger partial charge in [0.1, 0.15) is 0 Å². The second-order valence-corrected chi connectivity index (χ2v) is 7.44. The zero-order valence-corrected chi connectivity index (χ0v) is 14.0. The third-order valence-electron chi connectivity index (χ3n) is 4.41. The maximum Gasteiger partial charge on any atom is 0.237 e. The number of nitrogens with one attached hydrogen (secondary N) is 1. The molecule has 0 saturated carbocycles. The van der Waals surface area contributed by atoms with Crippen LogP contribution in [0.2, 0.25) is 0 Å². The molecule has 0 saturated heterocycles. The smallest absolute Gasteiger partial charge is 0.237 e. The van der Waals surface area contributed by atoms with Crippen LogP contribution in [0.15, 0.2) is 24.3 Å². The van der Waals surface area contributed by atoms with Crippen molar-refractivity contribution < 1.29 is 4.79 Å². The lowest BCUT2D eigenvalue weighted by atomic mass is 9.71. The maximum absolute atomic E-state index is 12.2. The average Bonchev–Trinajstić information content (AvgIpc) is 2.48. The van der Waals surface area contributed by atoms with Gasteiger partial charge in [-0.1, -0.05) is 38.1 Å². The summed E-state index contributed by atoms with van der Waals surface area (Å²) in [7, 11) is 0. The fourth-order valence-electron chi connectivity index (χ4n) is 3.02. The molecule has 21 heavy (non-hydrogen) atoms. The highest BCUT2D eigenvalue weighted by molar-refractivity contribution is 7.98. The minimum atomic E-state index is -0.403. The van der Waals surface area contributed by atoms with Gasteiger partial charge in [-0.25, -0.2) is 0 Å². The number of amides is 1. The minimum Gasteiger partial charge on any atom is -0.348 e. The summed E-state index contributed by atoms with van der Waals surface area (Å²) in [5.41, 5.74) is 8.74. The summed E-state index contributed by atoms with van der Waals surface area (Å²) in [6, 6.07) is 8.14. The van der Waals surface area contributed by atoms with Gasteiger partial charge in [-0.05, 0) is 47.8 Å². The van der Waals surface area contributed by atoms with E-state index in [-0.39, 0.29) is 17.4 Å². The maximum atomic E-state index is 12.2. The lowest BCUT2D eigenvalue weighted by Gasteiger charge is -2.37. The number of hydrogen-bond donors (Lipinski definition) is 2. The van der Waals surface area contributed by atoms with E-state index in [1.165, 1.54) is 11.1 Å². The van der Waals surface area contributed by atoms with E-state index in [0.29, 0.717) is 0 Å². The first kappa shape index (κ1) is 16.4. The lowest BCUT2D eigenvalue weighted by molar-refractivity contribution is -0.123. The van der Waals surface area contributed by atoms with E-state index >= 15 is 0 Å². The van der Waals surface area contributed by atoms with Gasteiger partial charge < -0.3 is 11.1 Å². The largest absolute Gasteiger partial charge is 0.348 e. The van der Waals surface area contributed by atoms with E-state index < -0.39 is 6.04 Å². The third kappa shape index (κ3) is 3.80. The predicted octanol–water partition coefficient (Wildman–Crippen LogP) is 3.00. The first-order chi connectivity index (χ1) is 9.95. The first-order valence-corrected chi connectivity index (χ1v) is 8.99. The van der Waals surface area contributed by atoms with Crippen molar-refractivity contribution in [3.63, 3.8) is 0 Å². The van der Waals surface area contributed by atoms with Crippen LogP contribution >= 0.6 is 11.8 Å². The Morgan fingerprint density at radius 3 is 2.90 bits per heavy atom. The molecular weight excluding hydrogens is 280 g/mol. The van der Waals surface area contributed by atoms with Crippen molar-refractivity contribution >= 4 is 17.7 Å². The van der Waals surface area contributed by atoms with Crippen molar-refractivity contribution in [2.75, 3.05) is 12.0 Å². The molecule has 1 amide bonds. The first-order valence-electron chi connectivity index (χ1n) is 7.60. The Morgan fingerprint density at radius 1 is 1.48 bits per heavy atom. The number of carbonyl (C=O) groups excluding carboxylic acids is 1. The Morgan fingerprint density at radius 2 is 2.19 bits per heavy atom. The molecule has 0 fully saturated rings. The molecule has 1 aliphatic rings. The number of hydrogen-bond acceptors (Lipinski definition) is 3. The monoisotopic (exact) mass is 306 g/mol. The van der Waals surface area contributed by atoms with Gasteiger partial charge in [-0.3, -0.25) is 4.79 Å². The quantitative estimate of drug-likeness (QED) is 0.879. The lowest BCUT2D eigenvalue weighted by Crippen LogP contribution is -2.44. The van der Waals surface area contributed by atoms with Crippen LogP contribution in [0.3, 0.4) is 0 Å². The van der Waals surface area contributed by atoms with Crippen LogP contribution in [0.1, 0.15) is 50.3 Å². The molecule has 1 aromatic carbocycles. The van der Waals surface area contributed by atoms with Crippen LogP contribution in [-0.4, -0.2) is 24.0 Å². The molecule has 0 spiro atoms. The molecule has 0 heterocycles. The number of nitrogens with two attached hydrogens (primary N) is 1. The minimum absolute atomic E-state index is 0.0245. The molecule has 4 heteroatoms. The van der Waals surface area contributed by atoms with Gasteiger partial charge in [0.25, 0.3) is 0 Å². The van der Waals surface area contributed by atoms with Crippen molar-refractivity contribution in [2.24, 2.45) is 5.73 Å². The summed E-state index contributed by atoms with van der Waals surface area (Å²) >= 11 is 1.72. The molecule has 0 radical (unpaired) electrons. The molecule has 2 rings (SSSR count). The molecule has 0 aliphatic heterocycles. The molecule has 0 aromatic heterocycles. The Balaban J connectivity index is 2.10. The molecule has 1 unspecified atom stereocenters. The van der Waals surface area contributed by atoms with Crippen molar-refractivity contribution in [3.05, 3.63) is 35.4 Å². The molecule has 1 aliphatic carbocycles. The summed E-state index contributed by atoms with van der Waals surface area (Å²) in [5.74, 6) is 0.895. The zero-order valence-electron chi connectivity index (χ0n) is 13.2. The highest BCUT2D eigenvalue weighted by Gasteiger charge is 2.33. The predicted molar refractivity (Wildman–Crippen MR) is 90.6 cm³/mol. The summed E-state index contributed by atoms with van der Waals surface area (Å²) in [5, 5.41) is 3.15. The Labute approximate surface area is 132 Å². The van der Waals surface area contributed by atoms with Crippen molar-refractivity contribution in [1.29, 1.82) is 0 Å². The van der Waals surface area contributed by atoms with E-state index in [4.69, 9.17) is 5.73 Å². The van der Waals surface area contributed by atoms with Gasteiger partial charge in [0.05, 0.1) is 12.1 Å². The number of fused-ring (bicyclic) bond motifs is 1. The van der Waals surface area contributed by atoms with Crippen LogP contribution < -0.4 is 11.1 Å². The van der Waals surface area contributed by atoms with E-state index in [9.17, 15) is 4.79 Å². The summed E-state index contributed by atoms with van der Waals surface area (Å²) in [6.07, 6.45) is 4.82. The highest BCUT2D eigenvalue weighted by atomic mass is 32.2. The van der Waals surface area contributed by atoms with Crippen LogP contribution in [0.25, 0.3) is 0 Å². The van der Waals surface area contributed by atoms with Crippen molar-refractivity contribution in [3.8, 4) is 0 Å². The Bertz CT molecular complexity index is 501. The molecule has 3 N–H and O–H groups in total.